The van der Waals surface area contributed by atoms with E-state index in [-0.39, 0.29) is 11.9 Å². The van der Waals surface area contributed by atoms with Crippen molar-refractivity contribution in [2.24, 2.45) is 5.92 Å². The van der Waals surface area contributed by atoms with Crippen molar-refractivity contribution in [1.29, 1.82) is 0 Å². The van der Waals surface area contributed by atoms with Crippen molar-refractivity contribution >= 4 is 11.6 Å². The van der Waals surface area contributed by atoms with E-state index in [1.807, 2.05) is 0 Å². The predicted octanol–water partition coefficient (Wildman–Crippen LogP) is 2.98. The van der Waals surface area contributed by atoms with Crippen LogP contribution in [0.4, 0.5) is 5.69 Å². The second-order valence-electron chi connectivity index (χ2n) is 5.71. The largest absolute Gasteiger partial charge is 0.495 e. The molecule has 1 aromatic rings. The summed E-state index contributed by atoms with van der Waals surface area (Å²) in [6.45, 7) is 2.28. The first-order valence-corrected chi connectivity index (χ1v) is 7.35. The molecule has 2 atom stereocenters. The number of ether oxygens (including phenoxy) is 1. The van der Waals surface area contributed by atoms with E-state index >= 15 is 0 Å². The number of nitrogen functional groups attached to an aromatic ring is 1. The second-order valence-corrected chi connectivity index (χ2v) is 5.71. The lowest BCUT2D eigenvalue weighted by Crippen LogP contribution is -2.34. The Bertz CT molecular complexity index is 474. The van der Waals surface area contributed by atoms with Crippen LogP contribution in [0.3, 0.4) is 0 Å². The summed E-state index contributed by atoms with van der Waals surface area (Å²) in [5.74, 6) is 1.21. The molecular formula is C16H24N2O2. The fourth-order valence-corrected chi connectivity index (χ4v) is 2.81. The summed E-state index contributed by atoms with van der Waals surface area (Å²) < 4.78 is 5.15. The Labute approximate surface area is 120 Å². The van der Waals surface area contributed by atoms with Gasteiger partial charge in [-0.1, -0.05) is 25.8 Å². The molecule has 3 N–H and O–H groups in total. The molecule has 0 spiro atoms. The molecule has 0 radical (unpaired) electrons. The normalized spacial score (nSPS) is 22.9. The predicted molar refractivity (Wildman–Crippen MR) is 80.9 cm³/mol. The highest BCUT2D eigenvalue weighted by Crippen LogP contribution is 2.26. The van der Waals surface area contributed by atoms with E-state index in [0.29, 0.717) is 17.0 Å². The number of benzene rings is 1. The smallest absolute Gasteiger partial charge is 0.253 e. The highest BCUT2D eigenvalue weighted by atomic mass is 16.5. The maximum Gasteiger partial charge on any atom is 0.253 e. The molecule has 4 heteroatoms. The molecule has 2 rings (SSSR count). The Morgan fingerprint density at radius 1 is 1.30 bits per heavy atom. The van der Waals surface area contributed by atoms with Crippen LogP contribution in [0.15, 0.2) is 18.2 Å². The highest BCUT2D eigenvalue weighted by Gasteiger charge is 2.20. The Morgan fingerprint density at radius 2 is 2.10 bits per heavy atom. The zero-order chi connectivity index (χ0) is 14.5. The number of hydrogen-bond donors (Lipinski definition) is 2. The van der Waals surface area contributed by atoms with Crippen LogP contribution in [0.2, 0.25) is 0 Å². The van der Waals surface area contributed by atoms with Crippen molar-refractivity contribution in [2.45, 2.75) is 45.1 Å². The van der Waals surface area contributed by atoms with Crippen molar-refractivity contribution in [1.82, 2.24) is 5.32 Å². The summed E-state index contributed by atoms with van der Waals surface area (Å²) >= 11 is 0. The molecule has 0 bridgehead atoms. The molecule has 1 aliphatic rings. The van der Waals surface area contributed by atoms with Crippen LogP contribution in [-0.2, 0) is 0 Å². The lowest BCUT2D eigenvalue weighted by Gasteiger charge is -2.17. The summed E-state index contributed by atoms with van der Waals surface area (Å²) in [6.07, 6.45) is 5.72. The second kappa shape index (κ2) is 6.64. The Balaban J connectivity index is 2.04. The van der Waals surface area contributed by atoms with Gasteiger partial charge in [-0.25, -0.2) is 0 Å². The van der Waals surface area contributed by atoms with Crippen LogP contribution in [0, 0.1) is 5.92 Å². The van der Waals surface area contributed by atoms with Crippen LogP contribution in [0.1, 0.15) is 49.4 Å². The van der Waals surface area contributed by atoms with Gasteiger partial charge < -0.3 is 15.8 Å². The molecule has 0 aromatic heterocycles. The van der Waals surface area contributed by atoms with E-state index in [4.69, 9.17) is 10.5 Å². The fraction of sp³-hybridized carbons (Fsp3) is 0.562. The van der Waals surface area contributed by atoms with Crippen molar-refractivity contribution in [2.75, 3.05) is 12.8 Å². The van der Waals surface area contributed by atoms with Crippen LogP contribution >= 0.6 is 0 Å². The van der Waals surface area contributed by atoms with E-state index < -0.39 is 0 Å². The summed E-state index contributed by atoms with van der Waals surface area (Å²) in [5, 5.41) is 3.11. The molecule has 0 aliphatic heterocycles. The first kappa shape index (κ1) is 14.7. The molecule has 2 unspecified atom stereocenters. The molecule has 0 saturated heterocycles. The molecular weight excluding hydrogens is 252 g/mol. The van der Waals surface area contributed by atoms with Gasteiger partial charge in [0.2, 0.25) is 0 Å². The van der Waals surface area contributed by atoms with Crippen LogP contribution in [0.25, 0.3) is 0 Å². The minimum absolute atomic E-state index is 0.0963. The molecule has 1 fully saturated rings. The van der Waals surface area contributed by atoms with Gasteiger partial charge in [-0.05, 0) is 37.3 Å². The van der Waals surface area contributed by atoms with Gasteiger partial charge in [-0.2, -0.15) is 0 Å². The van der Waals surface area contributed by atoms with Crippen molar-refractivity contribution in [3.8, 4) is 5.75 Å². The number of amides is 1. The maximum atomic E-state index is 12.3. The molecule has 1 aliphatic carbocycles. The van der Waals surface area contributed by atoms with E-state index in [1.54, 1.807) is 25.3 Å². The Kier molecular flexibility index (Phi) is 4.88. The number of carbonyl (C=O) groups is 1. The van der Waals surface area contributed by atoms with E-state index in [1.165, 1.54) is 19.3 Å². The van der Waals surface area contributed by atoms with Gasteiger partial charge >= 0.3 is 0 Å². The fourth-order valence-electron chi connectivity index (χ4n) is 2.81. The molecule has 0 heterocycles. The van der Waals surface area contributed by atoms with Gasteiger partial charge in [0, 0.05) is 6.04 Å². The van der Waals surface area contributed by atoms with Gasteiger partial charge in [-0.3, -0.25) is 4.79 Å². The third kappa shape index (κ3) is 3.44. The molecule has 1 aromatic carbocycles. The van der Waals surface area contributed by atoms with Gasteiger partial charge in [0.25, 0.3) is 5.91 Å². The number of methoxy groups -OCH3 is 1. The van der Waals surface area contributed by atoms with E-state index in [0.717, 1.165) is 18.8 Å². The van der Waals surface area contributed by atoms with Crippen LogP contribution < -0.4 is 15.8 Å². The number of anilines is 1. The van der Waals surface area contributed by atoms with Crippen molar-refractivity contribution in [3.63, 3.8) is 0 Å². The molecule has 1 saturated carbocycles. The highest BCUT2D eigenvalue weighted by molar-refractivity contribution is 6.00. The molecule has 4 nitrogen and oxygen atoms in total. The zero-order valence-electron chi connectivity index (χ0n) is 12.3. The number of nitrogens with one attached hydrogen (secondary N) is 1. The van der Waals surface area contributed by atoms with E-state index in [9.17, 15) is 4.79 Å². The first-order valence-electron chi connectivity index (χ1n) is 7.35. The summed E-state index contributed by atoms with van der Waals surface area (Å²) in [7, 11) is 1.56. The number of para-hydroxylation sites is 1. The van der Waals surface area contributed by atoms with E-state index in [2.05, 4.69) is 12.2 Å². The minimum atomic E-state index is -0.0963. The van der Waals surface area contributed by atoms with Gasteiger partial charge in [0.15, 0.2) is 0 Å². The van der Waals surface area contributed by atoms with Crippen molar-refractivity contribution in [3.05, 3.63) is 23.8 Å². The number of nitrogens with two attached hydrogens (primary N) is 1. The van der Waals surface area contributed by atoms with Crippen molar-refractivity contribution < 1.29 is 9.53 Å². The summed E-state index contributed by atoms with van der Waals surface area (Å²) in [6, 6.07) is 5.56. The quantitative estimate of drug-likeness (QED) is 0.659. The molecule has 1 amide bonds. The van der Waals surface area contributed by atoms with Gasteiger partial charge in [-0.15, -0.1) is 0 Å². The van der Waals surface area contributed by atoms with Gasteiger partial charge in [0.1, 0.15) is 5.75 Å². The number of rotatable bonds is 3. The third-order valence-corrected chi connectivity index (χ3v) is 4.12. The van der Waals surface area contributed by atoms with Gasteiger partial charge in [0.05, 0.1) is 18.4 Å². The lowest BCUT2D eigenvalue weighted by atomic mass is 10.0. The topological polar surface area (TPSA) is 64.3 Å². The molecule has 110 valence electrons. The molecule has 20 heavy (non-hydrogen) atoms. The maximum absolute atomic E-state index is 12.3. The average Bonchev–Trinajstić information content (AvgIpc) is 2.64. The average molecular weight is 276 g/mol. The summed E-state index contributed by atoms with van der Waals surface area (Å²) in [5.41, 5.74) is 6.88. The third-order valence-electron chi connectivity index (χ3n) is 4.12. The first-order chi connectivity index (χ1) is 9.61. The van der Waals surface area contributed by atoms with Crippen LogP contribution in [-0.4, -0.2) is 19.1 Å². The zero-order valence-corrected chi connectivity index (χ0v) is 12.3. The summed E-state index contributed by atoms with van der Waals surface area (Å²) in [4.78, 5) is 12.3. The monoisotopic (exact) mass is 276 g/mol. The number of hydrogen-bond acceptors (Lipinski definition) is 3. The Hall–Kier alpha value is -1.71. The standard InChI is InChI=1S/C16H24N2O2/c1-11-5-3-6-12(10-9-11)18-16(19)13-7-4-8-14(20-2)15(13)17/h4,7-8,11-12H,3,5-6,9-10,17H2,1-2H3,(H,18,19). The van der Waals surface area contributed by atoms with Crippen LogP contribution in [0.5, 0.6) is 5.75 Å². The SMILES string of the molecule is COc1cccc(C(=O)NC2CCCC(C)CC2)c1N. The Morgan fingerprint density at radius 3 is 2.85 bits per heavy atom. The lowest BCUT2D eigenvalue weighted by molar-refractivity contribution is 0.0933. The number of carbonyl (C=O) groups excluding carboxylic acids is 1. The minimum Gasteiger partial charge on any atom is -0.495 e.